The third-order valence-corrected chi connectivity index (χ3v) is 6.15. The topological polar surface area (TPSA) is 72.5 Å². The zero-order valence-electron chi connectivity index (χ0n) is 15.7. The second-order valence-electron chi connectivity index (χ2n) is 6.59. The van der Waals surface area contributed by atoms with E-state index in [9.17, 15) is 13.2 Å². The summed E-state index contributed by atoms with van der Waals surface area (Å²) in [5.74, 6) is 0.517. The summed E-state index contributed by atoms with van der Waals surface area (Å²) in [5.41, 5.74) is 1.45. The summed E-state index contributed by atoms with van der Waals surface area (Å²) in [7, 11) is -1.64. The van der Waals surface area contributed by atoms with Crippen LogP contribution >= 0.6 is 0 Å². The zero-order chi connectivity index (χ0) is 20.0. The van der Waals surface area contributed by atoms with Crippen molar-refractivity contribution in [2.45, 2.75) is 18.6 Å². The molecule has 1 amide bonds. The average molecular weight is 397 g/mol. The number of amides is 1. The quantitative estimate of drug-likeness (QED) is 0.619. The fourth-order valence-corrected chi connectivity index (χ4v) is 4.55. The molecule has 0 unspecified atom stereocenters. The number of sulfone groups is 1. The van der Waals surface area contributed by atoms with Crippen molar-refractivity contribution in [2.24, 2.45) is 0 Å². The van der Waals surface area contributed by atoms with E-state index in [-0.39, 0.29) is 30.3 Å². The van der Waals surface area contributed by atoms with Crippen molar-refractivity contribution in [3.05, 3.63) is 72.3 Å². The minimum Gasteiger partial charge on any atom is -0.496 e. The highest BCUT2D eigenvalue weighted by Crippen LogP contribution is 2.31. The SMILES string of the molecule is COc1ccc(NC(=O)CCCS(=O)(=O)Cc2ccccc2)c2ccccc12. The smallest absolute Gasteiger partial charge is 0.224 e. The van der Waals surface area contributed by atoms with Crippen LogP contribution in [0.2, 0.25) is 0 Å². The number of methoxy groups -OCH3 is 1. The summed E-state index contributed by atoms with van der Waals surface area (Å²) < 4.78 is 29.8. The van der Waals surface area contributed by atoms with Crippen LogP contribution in [0, 0.1) is 0 Å². The second kappa shape index (κ2) is 8.89. The largest absolute Gasteiger partial charge is 0.496 e. The first-order chi connectivity index (χ1) is 13.5. The molecule has 3 aromatic rings. The Hall–Kier alpha value is -2.86. The molecule has 0 saturated heterocycles. The molecule has 0 aliphatic rings. The molecule has 0 atom stereocenters. The number of carbonyl (C=O) groups is 1. The first-order valence-corrected chi connectivity index (χ1v) is 10.9. The first-order valence-electron chi connectivity index (χ1n) is 9.08. The molecule has 3 aromatic carbocycles. The van der Waals surface area contributed by atoms with Crippen LogP contribution in [0.3, 0.4) is 0 Å². The Morgan fingerprint density at radius 3 is 2.32 bits per heavy atom. The molecule has 6 heteroatoms. The van der Waals surface area contributed by atoms with Gasteiger partial charge < -0.3 is 10.1 Å². The van der Waals surface area contributed by atoms with Gasteiger partial charge in [0.05, 0.1) is 18.6 Å². The van der Waals surface area contributed by atoms with Crippen molar-refractivity contribution in [1.29, 1.82) is 0 Å². The molecule has 0 saturated carbocycles. The van der Waals surface area contributed by atoms with Gasteiger partial charge in [-0.25, -0.2) is 8.42 Å². The fourth-order valence-electron chi connectivity index (χ4n) is 3.12. The lowest BCUT2D eigenvalue weighted by atomic mass is 10.1. The lowest BCUT2D eigenvalue weighted by molar-refractivity contribution is -0.116. The minimum absolute atomic E-state index is 0.00141. The zero-order valence-corrected chi connectivity index (χ0v) is 16.5. The summed E-state index contributed by atoms with van der Waals surface area (Å²) in [5, 5.41) is 4.67. The van der Waals surface area contributed by atoms with Gasteiger partial charge in [0.15, 0.2) is 9.84 Å². The lowest BCUT2D eigenvalue weighted by Crippen LogP contribution is -2.15. The fraction of sp³-hybridized carbons (Fsp3) is 0.227. The maximum absolute atomic E-state index is 12.3. The number of carbonyl (C=O) groups excluding carboxylic acids is 1. The number of nitrogens with one attached hydrogen (secondary N) is 1. The van der Waals surface area contributed by atoms with Crippen molar-refractivity contribution in [3.63, 3.8) is 0 Å². The Morgan fingerprint density at radius 1 is 0.929 bits per heavy atom. The van der Waals surface area contributed by atoms with E-state index in [4.69, 9.17) is 4.74 Å². The average Bonchev–Trinajstić information content (AvgIpc) is 2.68. The van der Waals surface area contributed by atoms with Crippen LogP contribution in [0.1, 0.15) is 18.4 Å². The summed E-state index contributed by atoms with van der Waals surface area (Å²) in [6.07, 6.45) is 0.434. The Morgan fingerprint density at radius 2 is 1.61 bits per heavy atom. The van der Waals surface area contributed by atoms with Gasteiger partial charge in [-0.1, -0.05) is 54.6 Å². The normalized spacial score (nSPS) is 11.3. The number of hydrogen-bond acceptors (Lipinski definition) is 4. The Kier molecular flexibility index (Phi) is 6.31. The predicted molar refractivity (Wildman–Crippen MR) is 112 cm³/mol. The van der Waals surface area contributed by atoms with Gasteiger partial charge in [-0.15, -0.1) is 0 Å². The van der Waals surface area contributed by atoms with Crippen molar-refractivity contribution in [2.75, 3.05) is 18.2 Å². The summed E-state index contributed by atoms with van der Waals surface area (Å²) in [6, 6.07) is 20.3. The van der Waals surface area contributed by atoms with E-state index in [1.165, 1.54) is 0 Å². The Bertz CT molecular complexity index is 1060. The monoisotopic (exact) mass is 397 g/mol. The van der Waals surface area contributed by atoms with Gasteiger partial charge in [0.2, 0.25) is 5.91 Å². The van der Waals surface area contributed by atoms with Gasteiger partial charge in [0.25, 0.3) is 0 Å². The minimum atomic E-state index is -3.24. The van der Waals surface area contributed by atoms with Crippen LogP contribution in [0.4, 0.5) is 5.69 Å². The third-order valence-electron chi connectivity index (χ3n) is 4.47. The lowest BCUT2D eigenvalue weighted by Gasteiger charge is -2.12. The van der Waals surface area contributed by atoms with E-state index in [1.54, 1.807) is 25.3 Å². The van der Waals surface area contributed by atoms with Gasteiger partial charge >= 0.3 is 0 Å². The molecule has 0 heterocycles. The summed E-state index contributed by atoms with van der Waals surface area (Å²) in [4.78, 5) is 12.3. The molecule has 0 aromatic heterocycles. The number of fused-ring (bicyclic) bond motifs is 1. The maximum Gasteiger partial charge on any atom is 0.224 e. The van der Waals surface area contributed by atoms with Gasteiger partial charge in [-0.2, -0.15) is 0 Å². The van der Waals surface area contributed by atoms with E-state index in [2.05, 4.69) is 5.32 Å². The second-order valence-corrected chi connectivity index (χ2v) is 8.77. The van der Waals surface area contributed by atoms with Crippen LogP contribution in [0.5, 0.6) is 5.75 Å². The number of benzene rings is 3. The van der Waals surface area contributed by atoms with Gasteiger partial charge in [-0.05, 0) is 24.1 Å². The molecule has 0 fully saturated rings. The molecule has 0 spiro atoms. The molecule has 146 valence electrons. The Balaban J connectivity index is 1.59. The number of anilines is 1. The molecule has 28 heavy (non-hydrogen) atoms. The maximum atomic E-state index is 12.3. The van der Waals surface area contributed by atoms with Gasteiger partial charge in [0.1, 0.15) is 5.75 Å². The van der Waals surface area contributed by atoms with Crippen molar-refractivity contribution >= 4 is 32.2 Å². The third kappa shape index (κ3) is 5.10. The van der Waals surface area contributed by atoms with E-state index in [0.717, 1.165) is 22.1 Å². The highest BCUT2D eigenvalue weighted by Gasteiger charge is 2.14. The van der Waals surface area contributed by atoms with Gasteiger partial charge in [0, 0.05) is 22.9 Å². The van der Waals surface area contributed by atoms with Crippen molar-refractivity contribution in [3.8, 4) is 5.75 Å². The summed E-state index contributed by atoms with van der Waals surface area (Å²) >= 11 is 0. The van der Waals surface area contributed by atoms with E-state index >= 15 is 0 Å². The van der Waals surface area contributed by atoms with E-state index in [0.29, 0.717) is 5.69 Å². The molecule has 0 radical (unpaired) electrons. The molecule has 0 aliphatic heterocycles. The highest BCUT2D eigenvalue weighted by atomic mass is 32.2. The molecule has 0 aliphatic carbocycles. The molecular formula is C22H23NO4S. The van der Waals surface area contributed by atoms with Crippen LogP contribution in [0.25, 0.3) is 10.8 Å². The standard InChI is InChI=1S/C22H23NO4S/c1-27-21-14-13-20(18-10-5-6-11-19(18)21)23-22(24)12-7-15-28(25,26)16-17-8-3-2-4-9-17/h2-6,8-11,13-14H,7,12,15-16H2,1H3,(H,23,24). The van der Waals surface area contributed by atoms with E-state index < -0.39 is 9.84 Å². The molecule has 5 nitrogen and oxygen atoms in total. The predicted octanol–water partition coefficient (Wildman–Crippen LogP) is 4.18. The number of ether oxygens (including phenoxy) is 1. The van der Waals surface area contributed by atoms with Crippen molar-refractivity contribution in [1.82, 2.24) is 0 Å². The number of hydrogen-bond donors (Lipinski definition) is 1. The molecular weight excluding hydrogens is 374 g/mol. The molecule has 3 rings (SSSR count). The molecule has 1 N–H and O–H groups in total. The van der Waals surface area contributed by atoms with Crippen molar-refractivity contribution < 1.29 is 17.9 Å². The van der Waals surface area contributed by atoms with Crippen LogP contribution in [-0.4, -0.2) is 27.2 Å². The number of rotatable bonds is 8. The van der Waals surface area contributed by atoms with Crippen LogP contribution < -0.4 is 10.1 Å². The first kappa shape index (κ1) is 19.9. The van der Waals surface area contributed by atoms with E-state index in [1.807, 2.05) is 48.5 Å². The Labute approximate surface area is 165 Å². The van der Waals surface area contributed by atoms with Crippen LogP contribution in [0.15, 0.2) is 66.7 Å². The van der Waals surface area contributed by atoms with Gasteiger partial charge in [-0.3, -0.25) is 4.79 Å². The molecule has 0 bridgehead atoms. The van der Waals surface area contributed by atoms with Crippen LogP contribution in [-0.2, 0) is 20.4 Å². The summed E-state index contributed by atoms with van der Waals surface area (Å²) in [6.45, 7) is 0. The highest BCUT2D eigenvalue weighted by molar-refractivity contribution is 7.90.